The van der Waals surface area contributed by atoms with Gasteiger partial charge in [0.2, 0.25) is 0 Å². The normalized spacial score (nSPS) is 14.3. The van der Waals surface area contributed by atoms with Crippen LogP contribution in [0.1, 0.15) is 66.1 Å². The summed E-state index contributed by atoms with van der Waals surface area (Å²) in [6, 6.07) is 14.4. The maximum Gasteiger partial charge on any atom is 0.418 e. The Kier molecular flexibility index (Phi) is 8.05. The summed E-state index contributed by atoms with van der Waals surface area (Å²) in [6.07, 6.45) is 1.92. The molecule has 1 aliphatic carbocycles. The lowest BCUT2D eigenvalue weighted by Gasteiger charge is -2.23. The highest BCUT2D eigenvalue weighted by Gasteiger charge is 2.34. The van der Waals surface area contributed by atoms with Crippen LogP contribution >= 0.6 is 0 Å². The zero-order valence-electron chi connectivity index (χ0n) is 20.9. The number of hydrogen-bond donors (Lipinski definition) is 0. The molecule has 3 aromatic heterocycles. The topological polar surface area (TPSA) is 47.8 Å². The zero-order chi connectivity index (χ0) is 26.6. The minimum Gasteiger partial charge on any atom is -0.286 e. The van der Waals surface area contributed by atoms with Gasteiger partial charge < -0.3 is 0 Å². The van der Waals surface area contributed by atoms with Crippen molar-refractivity contribution < 1.29 is 17.6 Å². The van der Waals surface area contributed by atoms with Gasteiger partial charge in [-0.05, 0) is 80.6 Å². The van der Waals surface area contributed by atoms with Crippen LogP contribution in [0.15, 0.2) is 65.6 Å². The first-order valence-corrected chi connectivity index (χ1v) is 12.4. The molecule has 0 saturated heterocycles. The van der Waals surface area contributed by atoms with Crippen molar-refractivity contribution in [2.75, 3.05) is 0 Å². The standard InChI is InChI=1S/C22H22F3N3O.C7H7F/c1-14-9-10-16-12-17(15-6-3-2-4-7-15)21(29)28(20(16)27-14)13-19-18(22(23,24)25)8-5-11-26-19;1-6-3-2-4-7(8)5-6/h5,8-12,15H,2-4,6-7,13H2,1H3;2-5H,1H3. The molecular formula is C29H29F4N3O. The number of aryl methyl sites for hydroxylation is 2. The minimum atomic E-state index is -4.53. The largest absolute Gasteiger partial charge is 0.418 e. The molecule has 0 aliphatic heterocycles. The Bertz CT molecular complexity index is 1420. The molecule has 194 valence electrons. The number of aromatic nitrogens is 3. The van der Waals surface area contributed by atoms with Crippen LogP contribution in [-0.4, -0.2) is 14.5 Å². The number of rotatable bonds is 3. The van der Waals surface area contributed by atoms with Crippen molar-refractivity contribution in [3.05, 3.63) is 105 Å². The first-order valence-electron chi connectivity index (χ1n) is 12.4. The van der Waals surface area contributed by atoms with E-state index in [4.69, 9.17) is 0 Å². The van der Waals surface area contributed by atoms with Gasteiger partial charge in [-0.2, -0.15) is 13.2 Å². The monoisotopic (exact) mass is 511 g/mol. The van der Waals surface area contributed by atoms with Gasteiger partial charge in [0.05, 0.1) is 17.8 Å². The van der Waals surface area contributed by atoms with E-state index < -0.39 is 11.7 Å². The lowest BCUT2D eigenvalue weighted by Crippen LogP contribution is -2.29. The molecule has 1 aliphatic rings. The second-order valence-electron chi connectivity index (χ2n) is 9.49. The lowest BCUT2D eigenvalue weighted by atomic mass is 9.84. The Morgan fingerprint density at radius 1 is 0.973 bits per heavy atom. The molecule has 8 heteroatoms. The Morgan fingerprint density at radius 3 is 2.38 bits per heavy atom. The van der Waals surface area contributed by atoms with Crippen LogP contribution < -0.4 is 5.56 Å². The molecule has 0 radical (unpaired) electrons. The molecule has 0 spiro atoms. The average Bonchev–Trinajstić information content (AvgIpc) is 2.86. The number of pyridine rings is 3. The number of benzene rings is 1. The number of nitrogens with zero attached hydrogens (tertiary/aromatic N) is 3. The molecule has 4 aromatic rings. The smallest absolute Gasteiger partial charge is 0.286 e. The molecule has 5 rings (SSSR count). The van der Waals surface area contributed by atoms with E-state index in [1.807, 2.05) is 31.2 Å². The van der Waals surface area contributed by atoms with Crippen molar-refractivity contribution in [2.24, 2.45) is 0 Å². The van der Waals surface area contributed by atoms with Gasteiger partial charge in [-0.1, -0.05) is 31.4 Å². The number of fused-ring (bicyclic) bond motifs is 1. The summed E-state index contributed by atoms with van der Waals surface area (Å²) < 4.78 is 53.9. The molecule has 0 unspecified atom stereocenters. The van der Waals surface area contributed by atoms with Gasteiger partial charge in [-0.25, -0.2) is 9.37 Å². The number of alkyl halides is 3. The summed E-state index contributed by atoms with van der Waals surface area (Å²) in [5.41, 5.74) is 1.48. The van der Waals surface area contributed by atoms with Crippen LogP contribution in [-0.2, 0) is 12.7 Å². The zero-order valence-corrected chi connectivity index (χ0v) is 20.9. The Hall–Kier alpha value is -3.55. The van der Waals surface area contributed by atoms with E-state index in [1.54, 1.807) is 13.0 Å². The van der Waals surface area contributed by atoms with Crippen LogP contribution in [0.25, 0.3) is 11.0 Å². The average molecular weight is 512 g/mol. The van der Waals surface area contributed by atoms with Gasteiger partial charge in [0, 0.05) is 22.8 Å². The molecule has 0 bridgehead atoms. The van der Waals surface area contributed by atoms with Crippen LogP contribution in [0.4, 0.5) is 17.6 Å². The summed E-state index contributed by atoms with van der Waals surface area (Å²) in [4.78, 5) is 21.8. The van der Waals surface area contributed by atoms with Crippen molar-refractivity contribution in [1.29, 1.82) is 0 Å². The van der Waals surface area contributed by atoms with Gasteiger partial charge in [0.25, 0.3) is 5.56 Å². The molecule has 4 nitrogen and oxygen atoms in total. The van der Waals surface area contributed by atoms with Crippen LogP contribution in [0.2, 0.25) is 0 Å². The molecule has 0 amide bonds. The molecule has 0 atom stereocenters. The van der Waals surface area contributed by atoms with E-state index in [0.29, 0.717) is 16.9 Å². The summed E-state index contributed by atoms with van der Waals surface area (Å²) in [7, 11) is 0. The van der Waals surface area contributed by atoms with Crippen LogP contribution in [0.5, 0.6) is 0 Å². The maximum atomic E-state index is 13.5. The van der Waals surface area contributed by atoms with Crippen molar-refractivity contribution in [2.45, 2.75) is 64.6 Å². The van der Waals surface area contributed by atoms with Crippen molar-refractivity contribution in [1.82, 2.24) is 14.5 Å². The van der Waals surface area contributed by atoms with E-state index in [2.05, 4.69) is 9.97 Å². The van der Waals surface area contributed by atoms with Gasteiger partial charge in [0.15, 0.2) is 0 Å². The van der Waals surface area contributed by atoms with Crippen molar-refractivity contribution in [3.63, 3.8) is 0 Å². The summed E-state index contributed by atoms with van der Waals surface area (Å²) >= 11 is 0. The molecule has 1 fully saturated rings. The summed E-state index contributed by atoms with van der Waals surface area (Å²) in [5.74, 6) is -0.0241. The maximum absolute atomic E-state index is 13.5. The third-order valence-corrected chi connectivity index (χ3v) is 6.63. The van der Waals surface area contributed by atoms with Crippen molar-refractivity contribution >= 4 is 11.0 Å². The first-order chi connectivity index (χ1) is 17.6. The second kappa shape index (κ2) is 11.2. The van der Waals surface area contributed by atoms with Gasteiger partial charge >= 0.3 is 6.18 Å². The molecule has 0 N–H and O–H groups in total. The molecule has 1 saturated carbocycles. The van der Waals surface area contributed by atoms with Crippen LogP contribution in [0.3, 0.4) is 0 Å². The predicted molar refractivity (Wildman–Crippen MR) is 136 cm³/mol. The highest BCUT2D eigenvalue weighted by atomic mass is 19.4. The predicted octanol–water partition coefficient (Wildman–Crippen LogP) is 7.35. The van der Waals surface area contributed by atoms with Gasteiger partial charge in [-0.3, -0.25) is 14.3 Å². The van der Waals surface area contributed by atoms with E-state index in [-0.39, 0.29) is 29.5 Å². The fourth-order valence-corrected chi connectivity index (χ4v) is 4.79. The quantitative estimate of drug-likeness (QED) is 0.270. The van der Waals surface area contributed by atoms with E-state index >= 15 is 0 Å². The summed E-state index contributed by atoms with van der Waals surface area (Å²) in [6.45, 7) is 3.40. The Balaban J connectivity index is 0.000000342. The molecule has 3 heterocycles. The minimum absolute atomic E-state index is 0.138. The van der Waals surface area contributed by atoms with E-state index in [0.717, 1.165) is 49.1 Å². The Morgan fingerprint density at radius 2 is 1.73 bits per heavy atom. The van der Waals surface area contributed by atoms with Crippen molar-refractivity contribution in [3.8, 4) is 0 Å². The molecular weight excluding hydrogens is 482 g/mol. The third-order valence-electron chi connectivity index (χ3n) is 6.63. The fraction of sp³-hybridized carbons (Fsp3) is 0.345. The van der Waals surface area contributed by atoms with Gasteiger partial charge in [0.1, 0.15) is 11.5 Å². The molecule has 37 heavy (non-hydrogen) atoms. The second-order valence-corrected chi connectivity index (χ2v) is 9.49. The third kappa shape index (κ3) is 6.42. The van der Waals surface area contributed by atoms with Gasteiger partial charge in [-0.15, -0.1) is 0 Å². The van der Waals surface area contributed by atoms with Crippen LogP contribution in [0, 0.1) is 19.7 Å². The number of hydrogen-bond acceptors (Lipinski definition) is 3. The van der Waals surface area contributed by atoms with E-state index in [9.17, 15) is 22.4 Å². The SMILES string of the molecule is Cc1ccc2cc(C3CCCCC3)c(=O)n(Cc3ncccc3C(F)(F)F)c2n1.Cc1cccc(F)c1. The first kappa shape index (κ1) is 26.5. The lowest BCUT2D eigenvalue weighted by molar-refractivity contribution is -0.138. The highest BCUT2D eigenvalue weighted by Crippen LogP contribution is 2.33. The fourth-order valence-electron chi connectivity index (χ4n) is 4.79. The summed E-state index contributed by atoms with van der Waals surface area (Å²) in [5, 5.41) is 0.764. The van der Waals surface area contributed by atoms with E-state index in [1.165, 1.54) is 29.0 Å². The Labute approximate surface area is 213 Å². The number of halogens is 4. The molecule has 1 aromatic carbocycles. The highest BCUT2D eigenvalue weighted by molar-refractivity contribution is 5.76.